The Hall–Kier alpha value is -3.74. The van der Waals surface area contributed by atoms with Gasteiger partial charge in [-0.15, -0.1) is 0 Å². The number of nitrogens with one attached hydrogen (secondary N) is 1. The molecule has 3 aromatic rings. The SMILES string of the molecule is Cc1ccc(C(=O)N2CCC[C@H]2c2ccc3c(c2)OCCO3)cc1NC(=O)c1ccco1. The standard InChI is InChI=1S/C25H24N2O5/c1-16-6-7-18(14-19(16)26-24(28)22-5-3-11-30-22)25(29)27-10-2-4-20(27)17-8-9-21-23(15-17)32-13-12-31-21/h3,5-9,11,14-15,20H,2,4,10,12-13H2,1H3,(H,26,28)/t20-/m0/s1. The van der Waals surface area contributed by atoms with E-state index in [2.05, 4.69) is 5.32 Å². The number of nitrogens with zero attached hydrogens (tertiary/aromatic N) is 1. The molecule has 0 saturated carbocycles. The van der Waals surface area contributed by atoms with Gasteiger partial charge in [-0.2, -0.15) is 0 Å². The van der Waals surface area contributed by atoms with Crippen molar-refractivity contribution >= 4 is 17.5 Å². The van der Waals surface area contributed by atoms with E-state index in [-0.39, 0.29) is 23.6 Å². The van der Waals surface area contributed by atoms with Crippen LogP contribution in [-0.4, -0.2) is 36.5 Å². The van der Waals surface area contributed by atoms with Gasteiger partial charge in [-0.05, 0) is 67.3 Å². The van der Waals surface area contributed by atoms with E-state index in [4.69, 9.17) is 13.9 Å². The van der Waals surface area contributed by atoms with Crippen molar-refractivity contribution in [1.29, 1.82) is 0 Å². The number of anilines is 1. The van der Waals surface area contributed by atoms with Crippen molar-refractivity contribution in [1.82, 2.24) is 4.90 Å². The summed E-state index contributed by atoms with van der Waals surface area (Å²) in [6.45, 7) is 3.64. The number of carbonyl (C=O) groups is 2. The maximum atomic E-state index is 13.4. The second-order valence-electron chi connectivity index (χ2n) is 8.02. The van der Waals surface area contributed by atoms with E-state index in [9.17, 15) is 9.59 Å². The summed E-state index contributed by atoms with van der Waals surface area (Å²) in [5.74, 6) is 1.28. The molecule has 1 saturated heterocycles. The van der Waals surface area contributed by atoms with E-state index in [1.807, 2.05) is 36.1 Å². The van der Waals surface area contributed by atoms with Crippen molar-refractivity contribution in [3.8, 4) is 11.5 Å². The quantitative estimate of drug-likeness (QED) is 0.652. The summed E-state index contributed by atoms with van der Waals surface area (Å²) < 4.78 is 16.5. The van der Waals surface area contributed by atoms with E-state index in [1.165, 1.54) is 6.26 Å². The summed E-state index contributed by atoms with van der Waals surface area (Å²) in [5.41, 5.74) is 3.03. The molecule has 0 unspecified atom stereocenters. The molecule has 1 aromatic heterocycles. The Kier molecular flexibility index (Phi) is 5.31. The second kappa shape index (κ2) is 8.42. The van der Waals surface area contributed by atoms with Gasteiger partial charge >= 0.3 is 0 Å². The number of aryl methyl sites for hydroxylation is 1. The monoisotopic (exact) mass is 432 g/mol. The number of hydrogen-bond donors (Lipinski definition) is 1. The van der Waals surface area contributed by atoms with Gasteiger partial charge in [-0.25, -0.2) is 0 Å². The number of carbonyl (C=O) groups excluding carboxylic acids is 2. The zero-order valence-electron chi connectivity index (χ0n) is 17.8. The van der Waals surface area contributed by atoms with Gasteiger partial charge in [-0.3, -0.25) is 9.59 Å². The molecular formula is C25H24N2O5. The van der Waals surface area contributed by atoms with Crippen molar-refractivity contribution in [3.05, 3.63) is 77.2 Å². The molecule has 2 aliphatic rings. The molecular weight excluding hydrogens is 408 g/mol. The van der Waals surface area contributed by atoms with Gasteiger partial charge in [0.05, 0.1) is 12.3 Å². The van der Waals surface area contributed by atoms with Crippen LogP contribution in [0.25, 0.3) is 0 Å². The van der Waals surface area contributed by atoms with Gasteiger partial charge in [0.25, 0.3) is 11.8 Å². The number of ether oxygens (including phenoxy) is 2. The molecule has 1 atom stereocenters. The number of benzene rings is 2. The lowest BCUT2D eigenvalue weighted by atomic mass is 10.0. The molecule has 164 valence electrons. The normalized spacial score (nSPS) is 17.3. The largest absolute Gasteiger partial charge is 0.486 e. The van der Waals surface area contributed by atoms with Crippen LogP contribution >= 0.6 is 0 Å². The van der Waals surface area contributed by atoms with E-state index in [0.29, 0.717) is 31.0 Å². The van der Waals surface area contributed by atoms with E-state index in [1.54, 1.807) is 24.3 Å². The molecule has 7 heteroatoms. The van der Waals surface area contributed by atoms with Crippen LogP contribution in [0.3, 0.4) is 0 Å². The summed E-state index contributed by atoms with van der Waals surface area (Å²) in [6.07, 6.45) is 3.27. The minimum atomic E-state index is -0.349. The van der Waals surface area contributed by atoms with Gasteiger partial charge < -0.3 is 24.1 Å². The van der Waals surface area contributed by atoms with E-state index < -0.39 is 0 Å². The fraction of sp³-hybridized carbons (Fsp3) is 0.280. The van der Waals surface area contributed by atoms with Crippen LogP contribution in [0.5, 0.6) is 11.5 Å². The summed E-state index contributed by atoms with van der Waals surface area (Å²) >= 11 is 0. The van der Waals surface area contributed by atoms with Crippen molar-refractivity contribution in [2.45, 2.75) is 25.8 Å². The van der Waals surface area contributed by atoms with E-state index >= 15 is 0 Å². The number of amides is 2. The van der Waals surface area contributed by atoms with Crippen molar-refractivity contribution in [3.63, 3.8) is 0 Å². The van der Waals surface area contributed by atoms with Crippen LogP contribution in [0.1, 0.15) is 50.9 Å². The Bertz CT molecular complexity index is 1160. The molecule has 2 amide bonds. The highest BCUT2D eigenvalue weighted by Crippen LogP contribution is 2.38. The molecule has 2 aliphatic heterocycles. The predicted octanol–water partition coefficient (Wildman–Crippen LogP) is 4.59. The average molecular weight is 432 g/mol. The predicted molar refractivity (Wildman–Crippen MR) is 118 cm³/mol. The summed E-state index contributed by atoms with van der Waals surface area (Å²) in [7, 11) is 0. The molecule has 2 aromatic carbocycles. The van der Waals surface area contributed by atoms with Gasteiger partial charge in [0.15, 0.2) is 17.3 Å². The van der Waals surface area contributed by atoms with Gasteiger partial charge in [0.2, 0.25) is 0 Å². The van der Waals surface area contributed by atoms with Crippen LogP contribution in [0.4, 0.5) is 5.69 Å². The first-order valence-electron chi connectivity index (χ1n) is 10.8. The first-order valence-corrected chi connectivity index (χ1v) is 10.8. The van der Waals surface area contributed by atoms with Crippen molar-refractivity contribution in [2.24, 2.45) is 0 Å². The fourth-order valence-corrected chi connectivity index (χ4v) is 4.27. The van der Waals surface area contributed by atoms with Crippen LogP contribution < -0.4 is 14.8 Å². The zero-order valence-corrected chi connectivity index (χ0v) is 17.8. The first-order chi connectivity index (χ1) is 15.6. The molecule has 32 heavy (non-hydrogen) atoms. The van der Waals surface area contributed by atoms with Crippen molar-refractivity contribution in [2.75, 3.05) is 25.1 Å². The minimum Gasteiger partial charge on any atom is -0.486 e. The smallest absolute Gasteiger partial charge is 0.291 e. The van der Waals surface area contributed by atoms with Crippen molar-refractivity contribution < 1.29 is 23.5 Å². The third kappa shape index (κ3) is 3.82. The van der Waals surface area contributed by atoms with Crippen LogP contribution in [-0.2, 0) is 0 Å². The third-order valence-corrected chi connectivity index (χ3v) is 5.94. The Morgan fingerprint density at radius 3 is 2.69 bits per heavy atom. The van der Waals surface area contributed by atoms with Crippen LogP contribution in [0.15, 0.2) is 59.2 Å². The Balaban J connectivity index is 1.38. The van der Waals surface area contributed by atoms with Gasteiger partial charge in [0, 0.05) is 17.8 Å². The second-order valence-corrected chi connectivity index (χ2v) is 8.02. The fourth-order valence-electron chi connectivity index (χ4n) is 4.27. The van der Waals surface area contributed by atoms with Crippen LogP contribution in [0.2, 0.25) is 0 Å². The maximum Gasteiger partial charge on any atom is 0.291 e. The molecule has 5 rings (SSSR count). The molecule has 0 aliphatic carbocycles. The minimum absolute atomic E-state index is 0.0270. The average Bonchev–Trinajstić information content (AvgIpc) is 3.52. The Labute approximate surface area is 185 Å². The molecule has 7 nitrogen and oxygen atoms in total. The topological polar surface area (TPSA) is 81.0 Å². The lowest BCUT2D eigenvalue weighted by molar-refractivity contribution is 0.0735. The summed E-state index contributed by atoms with van der Waals surface area (Å²) in [6, 6.07) is 14.5. The highest BCUT2D eigenvalue weighted by molar-refractivity contribution is 6.04. The summed E-state index contributed by atoms with van der Waals surface area (Å²) in [4.78, 5) is 27.7. The lowest BCUT2D eigenvalue weighted by Gasteiger charge is -2.27. The number of likely N-dealkylation sites (tertiary alicyclic amines) is 1. The molecule has 1 fully saturated rings. The molecule has 1 N–H and O–H groups in total. The molecule has 0 bridgehead atoms. The number of fused-ring (bicyclic) bond motifs is 1. The molecule has 0 radical (unpaired) electrons. The van der Waals surface area contributed by atoms with Crippen LogP contribution in [0, 0.1) is 6.92 Å². The highest BCUT2D eigenvalue weighted by atomic mass is 16.6. The number of rotatable bonds is 4. The maximum absolute atomic E-state index is 13.4. The highest BCUT2D eigenvalue weighted by Gasteiger charge is 2.31. The third-order valence-electron chi connectivity index (χ3n) is 5.94. The van der Waals surface area contributed by atoms with Gasteiger partial charge in [0.1, 0.15) is 13.2 Å². The Morgan fingerprint density at radius 2 is 1.88 bits per heavy atom. The number of furan rings is 1. The zero-order chi connectivity index (χ0) is 22.1. The Morgan fingerprint density at radius 1 is 1.03 bits per heavy atom. The lowest BCUT2D eigenvalue weighted by Crippen LogP contribution is -2.30. The molecule has 3 heterocycles. The van der Waals surface area contributed by atoms with E-state index in [0.717, 1.165) is 35.5 Å². The summed E-state index contributed by atoms with van der Waals surface area (Å²) in [5, 5.41) is 2.84. The van der Waals surface area contributed by atoms with Gasteiger partial charge in [-0.1, -0.05) is 12.1 Å². The first kappa shape index (κ1) is 20.2. The number of hydrogen-bond acceptors (Lipinski definition) is 5. The molecule has 0 spiro atoms.